The van der Waals surface area contributed by atoms with Crippen molar-refractivity contribution in [1.82, 2.24) is 4.31 Å². The van der Waals surface area contributed by atoms with Crippen LogP contribution >= 0.6 is 11.6 Å². The second kappa shape index (κ2) is 4.71. The SMILES string of the molecule is O=S(=O)(c1cccc(Cl)c1)N1CCOCC1. The van der Waals surface area contributed by atoms with Crippen LogP contribution in [0.5, 0.6) is 0 Å². The highest BCUT2D eigenvalue weighted by Gasteiger charge is 2.26. The van der Waals surface area contributed by atoms with Gasteiger partial charge in [0, 0.05) is 18.1 Å². The number of ether oxygens (including phenoxy) is 1. The molecule has 1 heterocycles. The van der Waals surface area contributed by atoms with Crippen LogP contribution in [0.1, 0.15) is 0 Å². The molecule has 0 saturated carbocycles. The molecule has 1 aromatic carbocycles. The van der Waals surface area contributed by atoms with Gasteiger partial charge < -0.3 is 4.74 Å². The minimum Gasteiger partial charge on any atom is -0.379 e. The van der Waals surface area contributed by atoms with Crippen molar-refractivity contribution in [2.24, 2.45) is 0 Å². The van der Waals surface area contributed by atoms with Crippen LogP contribution in [0.3, 0.4) is 0 Å². The first-order valence-electron chi connectivity index (χ1n) is 4.94. The van der Waals surface area contributed by atoms with Crippen LogP contribution in [0.2, 0.25) is 5.02 Å². The molecule has 4 nitrogen and oxygen atoms in total. The van der Waals surface area contributed by atoms with Gasteiger partial charge in [-0.15, -0.1) is 0 Å². The Morgan fingerprint density at radius 1 is 1.25 bits per heavy atom. The molecular formula is C10H12ClNO3S. The third-order valence-corrected chi connectivity index (χ3v) is 4.53. The Hall–Kier alpha value is -0.620. The van der Waals surface area contributed by atoms with Gasteiger partial charge in [-0.3, -0.25) is 0 Å². The maximum absolute atomic E-state index is 12.2. The molecule has 0 atom stereocenters. The van der Waals surface area contributed by atoms with E-state index < -0.39 is 10.0 Å². The van der Waals surface area contributed by atoms with Crippen molar-refractivity contribution in [3.8, 4) is 0 Å². The predicted octanol–water partition coefficient (Wildman–Crippen LogP) is 1.36. The van der Waals surface area contributed by atoms with Gasteiger partial charge in [-0.25, -0.2) is 8.42 Å². The highest BCUT2D eigenvalue weighted by Crippen LogP contribution is 2.20. The lowest BCUT2D eigenvalue weighted by molar-refractivity contribution is 0.0730. The predicted molar refractivity (Wildman–Crippen MR) is 61.0 cm³/mol. The molecule has 2 rings (SSSR count). The maximum atomic E-state index is 12.2. The first-order chi connectivity index (χ1) is 7.60. The van der Waals surface area contributed by atoms with Crippen LogP contribution in [0.25, 0.3) is 0 Å². The van der Waals surface area contributed by atoms with Gasteiger partial charge in [0.2, 0.25) is 10.0 Å². The van der Waals surface area contributed by atoms with E-state index in [0.29, 0.717) is 31.3 Å². The van der Waals surface area contributed by atoms with E-state index in [0.717, 1.165) is 0 Å². The molecule has 1 fully saturated rings. The fourth-order valence-corrected chi connectivity index (χ4v) is 3.27. The number of hydrogen-bond acceptors (Lipinski definition) is 3. The molecule has 6 heteroatoms. The fraction of sp³-hybridized carbons (Fsp3) is 0.400. The molecule has 1 aromatic rings. The van der Waals surface area contributed by atoms with Gasteiger partial charge >= 0.3 is 0 Å². The summed E-state index contributed by atoms with van der Waals surface area (Å²) in [4.78, 5) is 0.238. The van der Waals surface area contributed by atoms with Crippen LogP contribution in [0.4, 0.5) is 0 Å². The molecule has 0 unspecified atom stereocenters. The van der Waals surface area contributed by atoms with Gasteiger partial charge in [0.25, 0.3) is 0 Å². The maximum Gasteiger partial charge on any atom is 0.243 e. The molecule has 0 N–H and O–H groups in total. The Morgan fingerprint density at radius 3 is 2.56 bits per heavy atom. The lowest BCUT2D eigenvalue weighted by Gasteiger charge is -2.26. The summed E-state index contributed by atoms with van der Waals surface area (Å²) in [6, 6.07) is 6.30. The monoisotopic (exact) mass is 261 g/mol. The van der Waals surface area contributed by atoms with Gasteiger partial charge in [0.05, 0.1) is 18.1 Å². The van der Waals surface area contributed by atoms with Crippen molar-refractivity contribution < 1.29 is 13.2 Å². The number of morpholine rings is 1. The van der Waals surface area contributed by atoms with E-state index in [1.807, 2.05) is 0 Å². The molecule has 0 radical (unpaired) electrons. The molecule has 0 aromatic heterocycles. The highest BCUT2D eigenvalue weighted by atomic mass is 35.5. The summed E-state index contributed by atoms with van der Waals surface area (Å²) in [5.41, 5.74) is 0. The van der Waals surface area contributed by atoms with Gasteiger partial charge in [-0.2, -0.15) is 4.31 Å². The second-order valence-corrected chi connectivity index (χ2v) is 5.85. The van der Waals surface area contributed by atoms with E-state index in [2.05, 4.69) is 0 Å². The summed E-state index contributed by atoms with van der Waals surface area (Å²) in [6.45, 7) is 1.68. The first kappa shape index (κ1) is 11.9. The number of nitrogens with zero attached hydrogens (tertiary/aromatic N) is 1. The second-order valence-electron chi connectivity index (χ2n) is 3.47. The minimum absolute atomic E-state index is 0.238. The number of hydrogen-bond donors (Lipinski definition) is 0. The van der Waals surface area contributed by atoms with E-state index in [1.165, 1.54) is 10.4 Å². The Balaban J connectivity index is 2.30. The number of sulfonamides is 1. The minimum atomic E-state index is -3.42. The quantitative estimate of drug-likeness (QED) is 0.808. The number of benzene rings is 1. The Labute approximate surface area is 99.8 Å². The lowest BCUT2D eigenvalue weighted by atomic mass is 10.4. The molecule has 16 heavy (non-hydrogen) atoms. The van der Waals surface area contributed by atoms with E-state index in [-0.39, 0.29) is 4.90 Å². The molecule has 88 valence electrons. The van der Waals surface area contributed by atoms with Crippen molar-refractivity contribution in [3.63, 3.8) is 0 Å². The molecule has 0 bridgehead atoms. The number of rotatable bonds is 2. The van der Waals surface area contributed by atoms with E-state index in [4.69, 9.17) is 16.3 Å². The summed E-state index contributed by atoms with van der Waals surface area (Å²) in [6.07, 6.45) is 0. The van der Waals surface area contributed by atoms with Crippen molar-refractivity contribution in [2.75, 3.05) is 26.3 Å². The smallest absolute Gasteiger partial charge is 0.243 e. The van der Waals surface area contributed by atoms with Crippen molar-refractivity contribution >= 4 is 21.6 Å². The van der Waals surface area contributed by atoms with Crippen LogP contribution in [-0.4, -0.2) is 39.0 Å². The van der Waals surface area contributed by atoms with Gasteiger partial charge in [-0.1, -0.05) is 17.7 Å². The van der Waals surface area contributed by atoms with Crippen molar-refractivity contribution in [1.29, 1.82) is 0 Å². The molecule has 1 aliphatic rings. The molecule has 0 amide bonds. The van der Waals surface area contributed by atoms with Gasteiger partial charge in [0.15, 0.2) is 0 Å². The van der Waals surface area contributed by atoms with Gasteiger partial charge in [0.1, 0.15) is 0 Å². The zero-order valence-corrected chi connectivity index (χ0v) is 10.2. The molecular weight excluding hydrogens is 250 g/mol. The third kappa shape index (κ3) is 2.38. The zero-order valence-electron chi connectivity index (χ0n) is 8.60. The molecule has 0 spiro atoms. The average molecular weight is 262 g/mol. The average Bonchev–Trinajstić information content (AvgIpc) is 2.30. The van der Waals surface area contributed by atoms with E-state index in [1.54, 1.807) is 18.2 Å². The topological polar surface area (TPSA) is 46.6 Å². The molecule has 1 aliphatic heterocycles. The van der Waals surface area contributed by atoms with Gasteiger partial charge in [-0.05, 0) is 18.2 Å². The lowest BCUT2D eigenvalue weighted by Crippen LogP contribution is -2.40. The Morgan fingerprint density at radius 2 is 1.94 bits per heavy atom. The third-order valence-electron chi connectivity index (χ3n) is 2.40. The zero-order chi connectivity index (χ0) is 11.6. The molecule has 0 aliphatic carbocycles. The van der Waals surface area contributed by atoms with Crippen molar-refractivity contribution in [3.05, 3.63) is 29.3 Å². The normalized spacial score (nSPS) is 18.6. The summed E-state index contributed by atoms with van der Waals surface area (Å²) in [5, 5.41) is 0.425. The fourth-order valence-electron chi connectivity index (χ4n) is 1.56. The standard InChI is InChI=1S/C10H12ClNO3S/c11-9-2-1-3-10(8-9)16(13,14)12-4-6-15-7-5-12/h1-3,8H,4-7H2. The van der Waals surface area contributed by atoms with E-state index >= 15 is 0 Å². The largest absolute Gasteiger partial charge is 0.379 e. The Kier molecular flexibility index (Phi) is 3.49. The summed E-state index contributed by atoms with van der Waals surface area (Å²) in [7, 11) is -3.42. The Bertz CT molecular complexity index is 469. The molecule has 1 saturated heterocycles. The van der Waals surface area contributed by atoms with Crippen LogP contribution in [-0.2, 0) is 14.8 Å². The van der Waals surface area contributed by atoms with Crippen LogP contribution < -0.4 is 0 Å². The first-order valence-corrected chi connectivity index (χ1v) is 6.76. The van der Waals surface area contributed by atoms with Crippen LogP contribution in [0.15, 0.2) is 29.2 Å². The van der Waals surface area contributed by atoms with Crippen molar-refractivity contribution in [2.45, 2.75) is 4.90 Å². The number of halogens is 1. The van der Waals surface area contributed by atoms with E-state index in [9.17, 15) is 8.42 Å². The summed E-state index contributed by atoms with van der Waals surface area (Å²) in [5.74, 6) is 0. The highest BCUT2D eigenvalue weighted by molar-refractivity contribution is 7.89. The van der Waals surface area contributed by atoms with Crippen LogP contribution in [0, 0.1) is 0 Å². The summed E-state index contributed by atoms with van der Waals surface area (Å²) < 4.78 is 30.8. The summed E-state index contributed by atoms with van der Waals surface area (Å²) >= 11 is 5.78.